The van der Waals surface area contributed by atoms with Crippen LogP contribution in [0.3, 0.4) is 0 Å². The number of benzene rings is 2. The van der Waals surface area contributed by atoms with Gasteiger partial charge in [-0.25, -0.2) is 0 Å². The van der Waals surface area contributed by atoms with Gasteiger partial charge >= 0.3 is 0 Å². The fourth-order valence-corrected chi connectivity index (χ4v) is 2.36. The zero-order valence-corrected chi connectivity index (χ0v) is 13.8. The second-order valence-corrected chi connectivity index (χ2v) is 5.72. The van der Waals surface area contributed by atoms with E-state index in [9.17, 15) is 4.79 Å². The van der Waals surface area contributed by atoms with E-state index in [-0.39, 0.29) is 11.6 Å². The molecule has 24 heavy (non-hydrogen) atoms. The van der Waals surface area contributed by atoms with Crippen molar-refractivity contribution in [1.82, 2.24) is 10.2 Å². The maximum absolute atomic E-state index is 12.2. The smallest absolute Gasteiger partial charge is 0.276 e. The van der Waals surface area contributed by atoms with E-state index in [1.807, 2.05) is 18.2 Å². The average Bonchev–Trinajstić information content (AvgIpc) is 2.57. The average molecular weight is 359 g/mol. The number of para-hydroxylation sites is 1. The van der Waals surface area contributed by atoms with Gasteiger partial charge < -0.3 is 10.6 Å². The SMILES string of the molecule is O=C(Nc1cccc(Cl)c1)c1ccc(Nc2ccccc2Cl)nn1. The predicted octanol–water partition coefficient (Wildman–Crippen LogP) is 4.78. The molecule has 0 unspecified atom stereocenters. The highest BCUT2D eigenvalue weighted by atomic mass is 35.5. The van der Waals surface area contributed by atoms with Crippen molar-refractivity contribution in [2.75, 3.05) is 10.6 Å². The zero-order valence-electron chi connectivity index (χ0n) is 12.3. The fraction of sp³-hybridized carbons (Fsp3) is 0. The van der Waals surface area contributed by atoms with E-state index in [0.717, 1.165) is 0 Å². The Hall–Kier alpha value is -2.63. The van der Waals surface area contributed by atoms with Gasteiger partial charge in [0.1, 0.15) is 0 Å². The molecule has 1 amide bonds. The summed E-state index contributed by atoms with van der Waals surface area (Å²) in [6.45, 7) is 0. The lowest BCUT2D eigenvalue weighted by atomic mass is 10.3. The maximum Gasteiger partial charge on any atom is 0.276 e. The highest BCUT2D eigenvalue weighted by Gasteiger charge is 2.09. The van der Waals surface area contributed by atoms with Crippen molar-refractivity contribution in [3.8, 4) is 0 Å². The molecule has 1 aromatic heterocycles. The Balaban J connectivity index is 1.70. The molecule has 2 aromatic carbocycles. The molecule has 0 saturated heterocycles. The maximum atomic E-state index is 12.2. The van der Waals surface area contributed by atoms with Gasteiger partial charge in [0.2, 0.25) is 0 Å². The van der Waals surface area contributed by atoms with Crippen LogP contribution in [0.5, 0.6) is 0 Å². The zero-order chi connectivity index (χ0) is 16.9. The Kier molecular flexibility index (Phi) is 4.93. The number of nitrogens with zero attached hydrogens (tertiary/aromatic N) is 2. The fourth-order valence-electron chi connectivity index (χ4n) is 1.98. The first-order valence-electron chi connectivity index (χ1n) is 7.04. The first-order valence-corrected chi connectivity index (χ1v) is 7.79. The number of amides is 1. The minimum atomic E-state index is -0.367. The lowest BCUT2D eigenvalue weighted by Crippen LogP contribution is -2.14. The predicted molar refractivity (Wildman–Crippen MR) is 96.2 cm³/mol. The van der Waals surface area contributed by atoms with E-state index in [2.05, 4.69) is 20.8 Å². The summed E-state index contributed by atoms with van der Waals surface area (Å²) in [4.78, 5) is 12.2. The largest absolute Gasteiger partial charge is 0.338 e. The molecular weight excluding hydrogens is 347 g/mol. The third-order valence-electron chi connectivity index (χ3n) is 3.12. The van der Waals surface area contributed by atoms with Crippen LogP contribution < -0.4 is 10.6 Å². The van der Waals surface area contributed by atoms with Gasteiger partial charge in [0, 0.05) is 10.7 Å². The summed E-state index contributed by atoms with van der Waals surface area (Å²) in [5.74, 6) is 0.122. The van der Waals surface area contributed by atoms with Crippen molar-refractivity contribution in [3.05, 3.63) is 76.4 Å². The molecule has 0 saturated carbocycles. The topological polar surface area (TPSA) is 66.9 Å². The molecule has 2 N–H and O–H groups in total. The van der Waals surface area contributed by atoms with E-state index >= 15 is 0 Å². The van der Waals surface area contributed by atoms with Crippen molar-refractivity contribution in [2.24, 2.45) is 0 Å². The summed E-state index contributed by atoms with van der Waals surface area (Å²) in [7, 11) is 0. The molecule has 0 aliphatic rings. The third kappa shape index (κ3) is 4.01. The number of carbonyl (C=O) groups is 1. The van der Waals surface area contributed by atoms with Crippen LogP contribution in [0.1, 0.15) is 10.5 Å². The van der Waals surface area contributed by atoms with Crippen LogP contribution in [-0.2, 0) is 0 Å². The van der Waals surface area contributed by atoms with Gasteiger partial charge in [0.15, 0.2) is 11.5 Å². The van der Waals surface area contributed by atoms with E-state index in [0.29, 0.717) is 27.2 Å². The van der Waals surface area contributed by atoms with Crippen molar-refractivity contribution in [3.63, 3.8) is 0 Å². The summed E-state index contributed by atoms with van der Waals surface area (Å²) < 4.78 is 0. The summed E-state index contributed by atoms with van der Waals surface area (Å²) in [6.07, 6.45) is 0. The second kappa shape index (κ2) is 7.29. The molecule has 0 spiro atoms. The minimum Gasteiger partial charge on any atom is -0.338 e. The van der Waals surface area contributed by atoms with Gasteiger partial charge in [-0.15, -0.1) is 10.2 Å². The quantitative estimate of drug-likeness (QED) is 0.704. The molecule has 3 rings (SSSR count). The van der Waals surface area contributed by atoms with Crippen molar-refractivity contribution >= 4 is 46.3 Å². The molecule has 1 heterocycles. The Morgan fingerprint density at radius 1 is 0.917 bits per heavy atom. The molecule has 3 aromatic rings. The molecule has 7 heteroatoms. The van der Waals surface area contributed by atoms with Gasteiger partial charge in [-0.3, -0.25) is 4.79 Å². The Morgan fingerprint density at radius 3 is 2.46 bits per heavy atom. The lowest BCUT2D eigenvalue weighted by molar-refractivity contribution is 0.102. The van der Waals surface area contributed by atoms with Gasteiger partial charge in [0.05, 0.1) is 10.7 Å². The summed E-state index contributed by atoms with van der Waals surface area (Å²) in [5, 5.41) is 14.8. The molecule has 0 aliphatic carbocycles. The first kappa shape index (κ1) is 16.2. The molecule has 0 atom stereocenters. The number of halogens is 2. The molecular formula is C17H12Cl2N4O. The van der Waals surface area contributed by atoms with E-state index in [4.69, 9.17) is 23.2 Å². The van der Waals surface area contributed by atoms with Crippen molar-refractivity contribution in [2.45, 2.75) is 0 Å². The summed E-state index contributed by atoms with van der Waals surface area (Å²) in [6, 6.07) is 17.4. The van der Waals surface area contributed by atoms with Crippen LogP contribution in [-0.4, -0.2) is 16.1 Å². The van der Waals surface area contributed by atoms with E-state index in [1.165, 1.54) is 0 Å². The minimum absolute atomic E-state index is 0.194. The van der Waals surface area contributed by atoms with Crippen LogP contribution in [0.15, 0.2) is 60.7 Å². The molecule has 0 fully saturated rings. The Labute approximate surface area is 148 Å². The highest BCUT2D eigenvalue weighted by molar-refractivity contribution is 6.33. The standard InChI is InChI=1S/C17H12Cl2N4O/c18-11-4-3-5-12(10-11)20-17(24)15-8-9-16(23-22-15)21-14-7-2-1-6-13(14)19/h1-10H,(H,20,24)(H,21,23). The van der Waals surface area contributed by atoms with Crippen LogP contribution in [0, 0.1) is 0 Å². The van der Waals surface area contributed by atoms with Crippen LogP contribution >= 0.6 is 23.2 Å². The summed E-state index contributed by atoms with van der Waals surface area (Å²) >= 11 is 12.0. The number of rotatable bonds is 4. The normalized spacial score (nSPS) is 10.2. The van der Waals surface area contributed by atoms with Gasteiger partial charge in [-0.05, 0) is 42.5 Å². The number of carbonyl (C=O) groups excluding carboxylic acids is 1. The van der Waals surface area contributed by atoms with E-state index < -0.39 is 0 Å². The number of nitrogens with one attached hydrogen (secondary N) is 2. The van der Waals surface area contributed by atoms with Crippen molar-refractivity contribution < 1.29 is 4.79 Å². The Bertz CT molecular complexity index is 868. The molecule has 0 radical (unpaired) electrons. The van der Waals surface area contributed by atoms with Gasteiger partial charge in [-0.2, -0.15) is 0 Å². The van der Waals surface area contributed by atoms with Gasteiger partial charge in [-0.1, -0.05) is 41.4 Å². The van der Waals surface area contributed by atoms with Crippen LogP contribution in [0.25, 0.3) is 0 Å². The first-order chi connectivity index (χ1) is 11.6. The number of aromatic nitrogens is 2. The van der Waals surface area contributed by atoms with E-state index in [1.54, 1.807) is 42.5 Å². The third-order valence-corrected chi connectivity index (χ3v) is 3.68. The lowest BCUT2D eigenvalue weighted by Gasteiger charge is -2.08. The number of hydrogen-bond donors (Lipinski definition) is 2. The monoisotopic (exact) mass is 358 g/mol. The molecule has 5 nitrogen and oxygen atoms in total. The van der Waals surface area contributed by atoms with Gasteiger partial charge in [0.25, 0.3) is 5.91 Å². The molecule has 120 valence electrons. The van der Waals surface area contributed by atoms with Crippen LogP contribution in [0.4, 0.5) is 17.2 Å². The van der Waals surface area contributed by atoms with Crippen LogP contribution in [0.2, 0.25) is 10.0 Å². The highest BCUT2D eigenvalue weighted by Crippen LogP contribution is 2.23. The molecule has 0 aliphatic heterocycles. The number of anilines is 3. The van der Waals surface area contributed by atoms with Crippen molar-refractivity contribution in [1.29, 1.82) is 0 Å². The number of hydrogen-bond acceptors (Lipinski definition) is 4. The summed E-state index contributed by atoms with van der Waals surface area (Å²) in [5.41, 5.74) is 1.50. The second-order valence-electron chi connectivity index (χ2n) is 4.87. The Morgan fingerprint density at radius 2 is 1.75 bits per heavy atom. The molecule has 0 bridgehead atoms.